The molecular formula is C24H26N4O2. The molecule has 1 saturated heterocycles. The van der Waals surface area contributed by atoms with Crippen molar-refractivity contribution in [1.29, 1.82) is 5.26 Å². The topological polar surface area (TPSA) is 76.4 Å². The van der Waals surface area contributed by atoms with E-state index in [1.165, 1.54) is 4.90 Å². The molecule has 2 aromatic carbocycles. The number of carbonyl (C=O) groups is 2. The maximum absolute atomic E-state index is 12.8. The zero-order valence-corrected chi connectivity index (χ0v) is 17.1. The first-order chi connectivity index (χ1) is 14.5. The van der Waals surface area contributed by atoms with Gasteiger partial charge in [-0.05, 0) is 24.1 Å². The van der Waals surface area contributed by atoms with Crippen molar-refractivity contribution in [3.63, 3.8) is 0 Å². The monoisotopic (exact) mass is 402 g/mol. The van der Waals surface area contributed by atoms with Crippen molar-refractivity contribution in [3.8, 4) is 6.07 Å². The molecular weight excluding hydrogens is 376 g/mol. The van der Waals surface area contributed by atoms with E-state index in [9.17, 15) is 14.9 Å². The molecule has 0 spiro atoms. The van der Waals surface area contributed by atoms with Crippen molar-refractivity contribution in [2.75, 3.05) is 25.5 Å². The van der Waals surface area contributed by atoms with Gasteiger partial charge in [0.1, 0.15) is 6.04 Å². The molecule has 2 unspecified atom stereocenters. The van der Waals surface area contributed by atoms with Crippen LogP contribution in [0.15, 0.2) is 72.9 Å². The molecule has 1 aliphatic heterocycles. The minimum atomic E-state index is -0.519. The Morgan fingerprint density at radius 2 is 1.80 bits per heavy atom. The average Bonchev–Trinajstić information content (AvgIpc) is 3.20. The summed E-state index contributed by atoms with van der Waals surface area (Å²) in [6.07, 6.45) is 0.773. The number of hydrogen-bond donors (Lipinski definition) is 1. The van der Waals surface area contributed by atoms with E-state index in [1.54, 1.807) is 11.9 Å². The number of likely N-dealkylation sites (tertiary alicyclic amines) is 1. The summed E-state index contributed by atoms with van der Waals surface area (Å²) in [4.78, 5) is 28.3. The zero-order chi connectivity index (χ0) is 21.5. The van der Waals surface area contributed by atoms with Gasteiger partial charge in [-0.3, -0.25) is 9.59 Å². The molecule has 2 aromatic rings. The fourth-order valence-corrected chi connectivity index (χ4v) is 3.58. The third-order valence-corrected chi connectivity index (χ3v) is 5.34. The Balaban J connectivity index is 1.57. The minimum Gasteiger partial charge on any atom is -0.359 e. The highest BCUT2D eigenvalue weighted by Crippen LogP contribution is 2.29. The molecule has 6 nitrogen and oxygen atoms in total. The number of benzene rings is 2. The molecule has 6 heteroatoms. The van der Waals surface area contributed by atoms with Crippen molar-refractivity contribution in [2.24, 2.45) is 5.92 Å². The second-order valence-electron chi connectivity index (χ2n) is 7.55. The predicted molar refractivity (Wildman–Crippen MR) is 116 cm³/mol. The van der Waals surface area contributed by atoms with Crippen LogP contribution >= 0.6 is 0 Å². The zero-order valence-electron chi connectivity index (χ0n) is 17.1. The fraction of sp³-hybridized carbons (Fsp3) is 0.292. The Labute approximate surface area is 177 Å². The second kappa shape index (κ2) is 9.75. The molecule has 2 atom stereocenters. The molecule has 0 aromatic heterocycles. The van der Waals surface area contributed by atoms with E-state index in [0.717, 1.165) is 16.9 Å². The lowest BCUT2D eigenvalue weighted by Crippen LogP contribution is -2.43. The number of amides is 2. The number of para-hydroxylation sites is 1. The first kappa shape index (κ1) is 21.1. The third-order valence-electron chi connectivity index (χ3n) is 5.34. The summed E-state index contributed by atoms with van der Waals surface area (Å²) in [5, 5.41) is 12.8. The summed E-state index contributed by atoms with van der Waals surface area (Å²) in [6.45, 7) is 4.47. The Kier molecular flexibility index (Phi) is 6.87. The highest BCUT2D eigenvalue weighted by Gasteiger charge is 2.37. The highest BCUT2D eigenvalue weighted by atomic mass is 16.2. The van der Waals surface area contributed by atoms with Crippen LogP contribution in [-0.2, 0) is 16.0 Å². The van der Waals surface area contributed by atoms with Gasteiger partial charge in [-0.25, -0.2) is 0 Å². The Hall–Kier alpha value is -3.59. The van der Waals surface area contributed by atoms with E-state index < -0.39 is 6.04 Å². The lowest BCUT2D eigenvalue weighted by atomic mass is 10.0. The molecule has 3 rings (SSSR count). The summed E-state index contributed by atoms with van der Waals surface area (Å²) in [5.74, 6) is -0.376. The van der Waals surface area contributed by atoms with Gasteiger partial charge >= 0.3 is 0 Å². The summed E-state index contributed by atoms with van der Waals surface area (Å²) >= 11 is 0. The molecule has 0 radical (unpaired) electrons. The van der Waals surface area contributed by atoms with Gasteiger partial charge in [-0.15, -0.1) is 0 Å². The number of nitriles is 1. The molecule has 2 amide bonds. The van der Waals surface area contributed by atoms with Crippen molar-refractivity contribution in [3.05, 3.63) is 78.5 Å². The predicted octanol–water partition coefficient (Wildman–Crippen LogP) is 3.05. The number of nitrogens with zero attached hydrogens (tertiary/aromatic N) is 3. The van der Waals surface area contributed by atoms with Crippen LogP contribution in [0.1, 0.15) is 12.0 Å². The van der Waals surface area contributed by atoms with Crippen molar-refractivity contribution in [2.45, 2.75) is 18.9 Å². The van der Waals surface area contributed by atoms with Gasteiger partial charge in [0.05, 0.1) is 19.0 Å². The molecule has 0 aliphatic carbocycles. The molecule has 1 aliphatic rings. The molecule has 1 heterocycles. The summed E-state index contributed by atoms with van der Waals surface area (Å²) < 4.78 is 0. The number of nitrogens with one attached hydrogen (secondary N) is 1. The van der Waals surface area contributed by atoms with E-state index in [0.29, 0.717) is 13.0 Å². The lowest BCUT2D eigenvalue weighted by Gasteiger charge is -2.24. The molecule has 0 bridgehead atoms. The van der Waals surface area contributed by atoms with Crippen LogP contribution in [0.2, 0.25) is 0 Å². The van der Waals surface area contributed by atoms with Crippen LogP contribution in [0.3, 0.4) is 0 Å². The Morgan fingerprint density at radius 3 is 2.43 bits per heavy atom. The van der Waals surface area contributed by atoms with Crippen LogP contribution in [0, 0.1) is 17.2 Å². The van der Waals surface area contributed by atoms with E-state index in [1.807, 2.05) is 60.7 Å². The normalized spacial score (nSPS) is 17.8. The van der Waals surface area contributed by atoms with Gasteiger partial charge in [0, 0.05) is 30.9 Å². The van der Waals surface area contributed by atoms with Gasteiger partial charge in [-0.2, -0.15) is 5.26 Å². The quantitative estimate of drug-likeness (QED) is 0.772. The fourth-order valence-electron chi connectivity index (χ4n) is 3.58. The number of anilines is 1. The third kappa shape index (κ3) is 5.26. The maximum Gasteiger partial charge on any atom is 0.243 e. The van der Waals surface area contributed by atoms with Gasteiger partial charge < -0.3 is 15.1 Å². The van der Waals surface area contributed by atoms with Crippen molar-refractivity contribution in [1.82, 2.24) is 9.80 Å². The van der Waals surface area contributed by atoms with E-state index in [4.69, 9.17) is 0 Å². The van der Waals surface area contributed by atoms with Crippen LogP contribution < -0.4 is 5.32 Å². The van der Waals surface area contributed by atoms with Gasteiger partial charge in [0.2, 0.25) is 11.8 Å². The first-order valence-electron chi connectivity index (χ1n) is 9.95. The first-order valence-corrected chi connectivity index (χ1v) is 9.95. The number of hydrogen-bond acceptors (Lipinski definition) is 4. The molecule has 30 heavy (non-hydrogen) atoms. The SMILES string of the molecule is C=C(Nc1ccccc1)C1CC(C#N)N(C(=O)CN(C)C(=O)Cc2ccccc2)C1. The smallest absolute Gasteiger partial charge is 0.243 e. The second-order valence-corrected chi connectivity index (χ2v) is 7.55. The summed E-state index contributed by atoms with van der Waals surface area (Å²) in [7, 11) is 1.62. The van der Waals surface area contributed by atoms with Crippen LogP contribution in [0.4, 0.5) is 5.69 Å². The maximum atomic E-state index is 12.8. The van der Waals surface area contributed by atoms with Crippen molar-refractivity contribution < 1.29 is 9.59 Å². The number of carbonyl (C=O) groups excluding carboxylic acids is 2. The van der Waals surface area contributed by atoms with E-state index >= 15 is 0 Å². The van der Waals surface area contributed by atoms with Crippen LogP contribution in [-0.4, -0.2) is 47.8 Å². The standard InChI is InChI=1S/C24H26N4O2/c1-18(26-21-11-7-4-8-12-21)20-14-22(15-25)28(16-20)24(30)17-27(2)23(29)13-19-9-5-3-6-10-19/h3-12,20,22,26H,1,13-14,16-17H2,2H3. The lowest BCUT2D eigenvalue weighted by molar-refractivity contribution is -0.139. The van der Waals surface area contributed by atoms with Gasteiger partial charge in [0.15, 0.2) is 0 Å². The molecule has 154 valence electrons. The largest absolute Gasteiger partial charge is 0.359 e. The molecule has 1 N–H and O–H groups in total. The van der Waals surface area contributed by atoms with Gasteiger partial charge in [0.25, 0.3) is 0 Å². The van der Waals surface area contributed by atoms with Gasteiger partial charge in [-0.1, -0.05) is 55.1 Å². The van der Waals surface area contributed by atoms with Crippen molar-refractivity contribution >= 4 is 17.5 Å². The van der Waals surface area contributed by atoms with E-state index in [2.05, 4.69) is 18.0 Å². The van der Waals surface area contributed by atoms with Crippen LogP contribution in [0.5, 0.6) is 0 Å². The summed E-state index contributed by atoms with van der Waals surface area (Å²) in [6, 6.07) is 20.8. The van der Waals surface area contributed by atoms with Crippen LogP contribution in [0.25, 0.3) is 0 Å². The molecule has 1 fully saturated rings. The Morgan fingerprint density at radius 1 is 1.17 bits per heavy atom. The highest BCUT2D eigenvalue weighted by molar-refractivity contribution is 5.86. The molecule has 0 saturated carbocycles. The minimum absolute atomic E-state index is 0.0240. The average molecular weight is 402 g/mol. The Bertz CT molecular complexity index is 937. The number of likely N-dealkylation sites (N-methyl/N-ethyl adjacent to an activating group) is 1. The number of rotatable bonds is 7. The summed E-state index contributed by atoms with van der Waals surface area (Å²) in [5.41, 5.74) is 2.61. The van der Waals surface area contributed by atoms with E-state index in [-0.39, 0.29) is 30.7 Å².